The maximum atomic E-state index is 14.0. The van der Waals surface area contributed by atoms with Gasteiger partial charge in [0.1, 0.15) is 5.56 Å². The fourth-order valence-corrected chi connectivity index (χ4v) is 3.52. The quantitative estimate of drug-likeness (QED) is 0.120. The molecule has 28 heteroatoms. The van der Waals surface area contributed by atoms with Crippen LogP contribution < -0.4 is 4.72 Å². The standard InChI is InChI=1S/C15HF24NO2S/c16-2-1(3(17)5(19)6(20)4(2)18)7(21,22)40-43(41,42)15(38,39)13(33,34)11(29,30)9(25,26)8(23,24)10(27,28)12(31,32)14(35,36)37/h40H. The van der Waals surface area contributed by atoms with Gasteiger partial charge in [0, 0.05) is 0 Å². The molecule has 3 nitrogen and oxygen atoms in total. The predicted molar refractivity (Wildman–Crippen MR) is 82.9 cm³/mol. The number of sulfonamides is 1. The van der Waals surface area contributed by atoms with Crippen molar-refractivity contribution in [2.75, 3.05) is 0 Å². The molecule has 0 saturated heterocycles. The lowest BCUT2D eigenvalue weighted by Gasteiger charge is -2.42. The lowest BCUT2D eigenvalue weighted by molar-refractivity contribution is -0.458. The molecule has 0 heterocycles. The average Bonchev–Trinajstić information content (AvgIpc) is 2.78. The Hall–Kier alpha value is -2.55. The van der Waals surface area contributed by atoms with Gasteiger partial charge < -0.3 is 0 Å². The Morgan fingerprint density at radius 3 is 0.953 bits per heavy atom. The van der Waals surface area contributed by atoms with Gasteiger partial charge in [-0.15, -0.1) is 4.72 Å². The molecule has 1 aromatic rings. The smallest absolute Gasteiger partial charge is 0.206 e. The van der Waals surface area contributed by atoms with Crippen LogP contribution in [-0.4, -0.2) is 55.4 Å². The van der Waals surface area contributed by atoms with Gasteiger partial charge in [0.05, 0.1) is 0 Å². The Bertz CT molecular complexity index is 1330. The highest BCUT2D eigenvalue weighted by atomic mass is 32.2. The van der Waals surface area contributed by atoms with E-state index in [1.54, 1.807) is 0 Å². The molecule has 252 valence electrons. The fraction of sp³-hybridized carbons (Fsp3) is 0.600. The molecule has 0 aliphatic heterocycles. The summed E-state index contributed by atoms with van der Waals surface area (Å²) in [5, 5.41) is -8.63. The van der Waals surface area contributed by atoms with Crippen molar-refractivity contribution in [3.05, 3.63) is 34.6 Å². The largest absolute Gasteiger partial charge is 0.460 e. The molecule has 0 aromatic heterocycles. The Kier molecular flexibility index (Phi) is 8.93. The van der Waals surface area contributed by atoms with Crippen LogP contribution in [0, 0.1) is 29.1 Å². The fourth-order valence-electron chi connectivity index (χ4n) is 2.48. The lowest BCUT2D eigenvalue weighted by atomic mass is 9.91. The van der Waals surface area contributed by atoms with Crippen LogP contribution in [0.2, 0.25) is 0 Å². The topological polar surface area (TPSA) is 46.2 Å². The number of rotatable bonds is 10. The van der Waals surface area contributed by atoms with Gasteiger partial charge in [0.15, 0.2) is 23.3 Å². The van der Waals surface area contributed by atoms with Gasteiger partial charge in [-0.25, -0.2) is 30.4 Å². The van der Waals surface area contributed by atoms with E-state index in [-0.39, 0.29) is 0 Å². The molecule has 0 amide bonds. The van der Waals surface area contributed by atoms with E-state index in [4.69, 9.17) is 0 Å². The zero-order valence-corrected chi connectivity index (χ0v) is 19.1. The summed E-state index contributed by atoms with van der Waals surface area (Å²) in [5.41, 5.74) is -3.90. The molecule has 1 aromatic carbocycles. The molecule has 0 spiro atoms. The maximum absolute atomic E-state index is 14.0. The van der Waals surface area contributed by atoms with Gasteiger partial charge in [-0.1, -0.05) is 0 Å². The Morgan fingerprint density at radius 1 is 0.395 bits per heavy atom. The maximum Gasteiger partial charge on any atom is 0.460 e. The molecule has 0 atom stereocenters. The summed E-state index contributed by atoms with van der Waals surface area (Å²) in [5.74, 6) is -72.5. The molecule has 1 rings (SSSR count). The van der Waals surface area contributed by atoms with Gasteiger partial charge in [-0.3, -0.25) is 0 Å². The van der Waals surface area contributed by atoms with Crippen LogP contribution in [0.5, 0.6) is 0 Å². The summed E-state index contributed by atoms with van der Waals surface area (Å²) >= 11 is 0. The van der Waals surface area contributed by atoms with E-state index in [0.717, 1.165) is 0 Å². The van der Waals surface area contributed by atoms with E-state index < -0.39 is 102 Å². The van der Waals surface area contributed by atoms with Crippen LogP contribution in [0.1, 0.15) is 5.56 Å². The van der Waals surface area contributed by atoms with Crippen LogP contribution in [0.15, 0.2) is 0 Å². The minimum atomic E-state index is -9.33. The third-order valence-electron chi connectivity index (χ3n) is 4.82. The van der Waals surface area contributed by atoms with Crippen molar-refractivity contribution in [1.29, 1.82) is 0 Å². The highest BCUT2D eigenvalue weighted by Crippen LogP contribution is 2.64. The van der Waals surface area contributed by atoms with E-state index in [0.29, 0.717) is 0 Å². The molecule has 0 radical (unpaired) electrons. The Labute approximate surface area is 217 Å². The first-order chi connectivity index (χ1) is 18.4. The van der Waals surface area contributed by atoms with Crippen molar-refractivity contribution in [3.8, 4) is 0 Å². The van der Waals surface area contributed by atoms with Crippen LogP contribution >= 0.6 is 0 Å². The molecule has 0 fully saturated rings. The van der Waals surface area contributed by atoms with Crippen LogP contribution in [0.4, 0.5) is 105 Å². The highest BCUT2D eigenvalue weighted by molar-refractivity contribution is 7.90. The second-order valence-corrected chi connectivity index (χ2v) is 9.31. The predicted octanol–water partition coefficient (Wildman–Crippen LogP) is 7.32. The lowest BCUT2D eigenvalue weighted by Crippen LogP contribution is -2.75. The number of benzene rings is 1. The van der Waals surface area contributed by atoms with Crippen molar-refractivity contribution >= 4 is 10.0 Å². The van der Waals surface area contributed by atoms with Gasteiger partial charge >= 0.3 is 53.0 Å². The number of nitrogens with one attached hydrogen (secondary N) is 1. The third-order valence-corrected chi connectivity index (χ3v) is 6.27. The first-order valence-electron chi connectivity index (χ1n) is 9.03. The number of hydrogen-bond donors (Lipinski definition) is 1. The molecular weight excluding hydrogens is 714 g/mol. The molecule has 0 aliphatic rings. The average molecular weight is 715 g/mol. The summed E-state index contributed by atoms with van der Waals surface area (Å²) < 4.78 is 340. The number of alkyl halides is 19. The summed E-state index contributed by atoms with van der Waals surface area (Å²) in [6.07, 6.45) is -8.11. The minimum Gasteiger partial charge on any atom is -0.206 e. The van der Waals surface area contributed by atoms with Gasteiger partial charge in [-0.05, 0) is 0 Å². The monoisotopic (exact) mass is 715 g/mol. The Morgan fingerprint density at radius 2 is 0.651 bits per heavy atom. The van der Waals surface area contributed by atoms with Gasteiger partial charge in [0.25, 0.3) is 10.0 Å². The second kappa shape index (κ2) is 9.98. The first kappa shape index (κ1) is 38.5. The van der Waals surface area contributed by atoms with E-state index in [2.05, 4.69) is 0 Å². The molecule has 0 aliphatic carbocycles. The summed E-state index contributed by atoms with van der Waals surface area (Å²) in [4.78, 5) is 0. The number of hydrogen-bond acceptors (Lipinski definition) is 2. The molecule has 0 unspecified atom stereocenters. The van der Waals surface area contributed by atoms with Gasteiger partial charge in [-0.2, -0.15) is 83.4 Å². The summed E-state index contributed by atoms with van der Waals surface area (Å²) in [6, 6.07) is -6.91. The number of halogens is 24. The third kappa shape index (κ3) is 4.98. The van der Waals surface area contributed by atoms with E-state index in [9.17, 15) is 114 Å². The Balaban J connectivity index is 3.85. The highest BCUT2D eigenvalue weighted by Gasteiger charge is 2.96. The van der Waals surface area contributed by atoms with Crippen molar-refractivity contribution < 1.29 is 114 Å². The molecular formula is C15HF24NO2S. The van der Waals surface area contributed by atoms with Crippen molar-refractivity contribution in [2.45, 2.75) is 53.0 Å². The second-order valence-electron chi connectivity index (χ2n) is 7.59. The van der Waals surface area contributed by atoms with Crippen LogP contribution in [0.3, 0.4) is 0 Å². The van der Waals surface area contributed by atoms with Crippen molar-refractivity contribution in [2.24, 2.45) is 0 Å². The normalized spacial score (nSPS) is 15.7. The van der Waals surface area contributed by atoms with Crippen molar-refractivity contribution in [1.82, 2.24) is 4.72 Å². The molecule has 0 saturated carbocycles. The molecule has 43 heavy (non-hydrogen) atoms. The molecule has 1 N–H and O–H groups in total. The first-order valence-corrected chi connectivity index (χ1v) is 10.5. The zero-order chi connectivity index (χ0) is 35.2. The van der Waals surface area contributed by atoms with E-state index in [1.165, 1.54) is 0 Å². The summed E-state index contributed by atoms with van der Waals surface area (Å²) in [7, 11) is -8.90. The zero-order valence-electron chi connectivity index (χ0n) is 18.3. The van der Waals surface area contributed by atoms with E-state index >= 15 is 0 Å². The minimum absolute atomic E-state index is 1.42. The van der Waals surface area contributed by atoms with Gasteiger partial charge in [0.2, 0.25) is 5.82 Å². The SMILES string of the molecule is O=S(=O)(NC(F)(F)c1c(F)c(F)c(F)c(F)c1F)C(F)(F)C(F)(F)C(F)(F)C(F)(F)C(F)(F)C(F)(F)C(F)(F)C(F)(F)F. The summed E-state index contributed by atoms with van der Waals surface area (Å²) in [6.45, 7) is 0. The van der Waals surface area contributed by atoms with Crippen molar-refractivity contribution in [3.63, 3.8) is 0 Å². The van der Waals surface area contributed by atoms with Crippen LogP contribution in [-0.2, 0) is 16.1 Å². The van der Waals surface area contributed by atoms with Crippen LogP contribution in [0.25, 0.3) is 0 Å². The van der Waals surface area contributed by atoms with E-state index in [1.807, 2.05) is 0 Å². The molecule has 0 bridgehead atoms.